The molecule has 2 saturated heterocycles. The van der Waals surface area contributed by atoms with Gasteiger partial charge in [-0.1, -0.05) is 18.6 Å². The number of rotatable bonds is 5. The van der Waals surface area contributed by atoms with E-state index in [4.69, 9.17) is 14.2 Å². The first-order valence-electron chi connectivity index (χ1n) is 10.7. The zero-order valence-electron chi connectivity index (χ0n) is 17.3. The van der Waals surface area contributed by atoms with Crippen molar-refractivity contribution in [1.82, 2.24) is 4.90 Å². The Hall–Kier alpha value is -1.07. The SMILES string of the molecule is CO[C@@H]1[C@H](OC(=O)N2CCCC2)CCC2(CO2)[C@H]1[C@@]1(C)C[C@@H]1CC=C(C)C. The van der Waals surface area contributed by atoms with E-state index in [0.717, 1.165) is 51.8 Å². The first-order chi connectivity index (χ1) is 12.9. The third-order valence-corrected chi connectivity index (χ3v) is 7.50. The standard InChI is InChI=1S/C22H35NO4/c1-15(2)7-8-16-13-21(16,3)19-18(25-4)17(9-10-22(19)14-26-22)27-20(24)23-11-5-6-12-23/h7,16-19H,5-6,8-14H2,1-4H3/t16-,17+,18+,19+,21-,22?/m0/s1. The molecule has 5 heteroatoms. The number of methoxy groups -OCH3 is 1. The lowest BCUT2D eigenvalue weighted by molar-refractivity contribution is -0.123. The molecule has 0 radical (unpaired) electrons. The maximum absolute atomic E-state index is 12.6. The van der Waals surface area contributed by atoms with Crippen LogP contribution in [-0.2, 0) is 14.2 Å². The van der Waals surface area contributed by atoms with Gasteiger partial charge < -0.3 is 19.1 Å². The van der Waals surface area contributed by atoms with Crippen molar-refractivity contribution in [3.05, 3.63) is 11.6 Å². The second-order valence-electron chi connectivity index (χ2n) is 9.61. The summed E-state index contributed by atoms with van der Waals surface area (Å²) >= 11 is 0. The first kappa shape index (κ1) is 19.3. The number of epoxide rings is 1. The minimum Gasteiger partial charge on any atom is -0.443 e. The van der Waals surface area contributed by atoms with E-state index in [9.17, 15) is 4.79 Å². The number of carbonyl (C=O) groups excluding carboxylic acids is 1. The molecule has 5 nitrogen and oxygen atoms in total. The normalized spacial score (nSPS) is 42.9. The van der Waals surface area contributed by atoms with Gasteiger partial charge in [0.05, 0.1) is 12.2 Å². The van der Waals surface area contributed by atoms with Crippen molar-refractivity contribution in [2.45, 2.75) is 77.1 Å². The van der Waals surface area contributed by atoms with Gasteiger partial charge in [0.25, 0.3) is 0 Å². The van der Waals surface area contributed by atoms with Crippen LogP contribution in [0, 0.1) is 17.3 Å². The minimum absolute atomic E-state index is 0.0499. The van der Waals surface area contributed by atoms with E-state index in [0.29, 0.717) is 11.8 Å². The number of amides is 1. The third kappa shape index (κ3) is 3.53. The molecular formula is C22H35NO4. The Balaban J connectivity index is 1.49. The number of ether oxygens (including phenoxy) is 3. The summed E-state index contributed by atoms with van der Waals surface area (Å²) in [7, 11) is 1.77. The number of carbonyl (C=O) groups is 1. The Labute approximate surface area is 163 Å². The molecule has 0 N–H and O–H groups in total. The maximum Gasteiger partial charge on any atom is 0.410 e. The molecule has 152 valence electrons. The molecule has 4 fully saturated rings. The van der Waals surface area contributed by atoms with E-state index in [-0.39, 0.29) is 29.3 Å². The minimum atomic E-state index is -0.163. The molecule has 2 heterocycles. The number of hydrogen-bond donors (Lipinski definition) is 0. The van der Waals surface area contributed by atoms with Gasteiger partial charge in [-0.3, -0.25) is 0 Å². The lowest BCUT2D eigenvalue weighted by Gasteiger charge is -2.44. The maximum atomic E-state index is 12.6. The van der Waals surface area contributed by atoms with Gasteiger partial charge in [0.15, 0.2) is 0 Å². The van der Waals surface area contributed by atoms with Crippen molar-refractivity contribution >= 4 is 6.09 Å². The highest BCUT2D eigenvalue weighted by molar-refractivity contribution is 5.68. The quantitative estimate of drug-likeness (QED) is 0.533. The van der Waals surface area contributed by atoms with Gasteiger partial charge >= 0.3 is 6.09 Å². The number of likely N-dealkylation sites (tertiary alicyclic amines) is 1. The van der Waals surface area contributed by atoms with Gasteiger partial charge in [-0.15, -0.1) is 0 Å². The van der Waals surface area contributed by atoms with E-state index in [2.05, 4.69) is 26.8 Å². The summed E-state index contributed by atoms with van der Waals surface area (Å²) in [5.74, 6) is 0.972. The third-order valence-electron chi connectivity index (χ3n) is 7.50. The molecule has 0 bridgehead atoms. The van der Waals surface area contributed by atoms with Gasteiger partial charge in [-0.25, -0.2) is 4.79 Å². The van der Waals surface area contributed by atoms with Gasteiger partial charge in [0.1, 0.15) is 12.2 Å². The summed E-state index contributed by atoms with van der Waals surface area (Å²) in [4.78, 5) is 14.4. The summed E-state index contributed by atoms with van der Waals surface area (Å²) in [5, 5.41) is 0. The molecule has 0 aromatic carbocycles. The smallest absolute Gasteiger partial charge is 0.410 e. The second kappa shape index (κ2) is 7.07. The van der Waals surface area contributed by atoms with Crippen molar-refractivity contribution < 1.29 is 19.0 Å². The van der Waals surface area contributed by atoms with Gasteiger partial charge in [0, 0.05) is 26.1 Å². The Morgan fingerprint density at radius 1 is 1.30 bits per heavy atom. The van der Waals surface area contributed by atoms with Crippen molar-refractivity contribution in [3.63, 3.8) is 0 Å². The van der Waals surface area contributed by atoms with Crippen LogP contribution in [-0.4, -0.2) is 55.6 Å². The van der Waals surface area contributed by atoms with Crippen molar-refractivity contribution in [2.24, 2.45) is 17.3 Å². The van der Waals surface area contributed by atoms with Crippen LogP contribution in [0.2, 0.25) is 0 Å². The lowest BCUT2D eigenvalue weighted by Crippen LogP contribution is -2.54. The fourth-order valence-electron chi connectivity index (χ4n) is 5.71. The fraction of sp³-hybridized carbons (Fsp3) is 0.864. The highest BCUT2D eigenvalue weighted by Gasteiger charge is 2.70. The molecule has 0 aromatic rings. The monoisotopic (exact) mass is 377 g/mol. The van der Waals surface area contributed by atoms with Crippen molar-refractivity contribution in [1.29, 1.82) is 0 Å². The zero-order chi connectivity index (χ0) is 19.2. The van der Waals surface area contributed by atoms with E-state index in [1.165, 1.54) is 12.0 Å². The number of allylic oxidation sites excluding steroid dienone is 2. The largest absolute Gasteiger partial charge is 0.443 e. The molecule has 1 unspecified atom stereocenters. The Morgan fingerprint density at radius 3 is 2.59 bits per heavy atom. The van der Waals surface area contributed by atoms with E-state index in [1.807, 2.05) is 4.90 Å². The van der Waals surface area contributed by atoms with Crippen LogP contribution < -0.4 is 0 Å². The molecule has 6 atom stereocenters. The second-order valence-corrected chi connectivity index (χ2v) is 9.61. The van der Waals surface area contributed by atoms with Crippen LogP contribution in [0.4, 0.5) is 4.79 Å². The fourth-order valence-corrected chi connectivity index (χ4v) is 5.71. The Kier molecular flexibility index (Phi) is 5.04. The van der Waals surface area contributed by atoms with Crippen molar-refractivity contribution in [2.75, 3.05) is 26.8 Å². The topological polar surface area (TPSA) is 51.3 Å². The molecule has 0 aromatic heterocycles. The predicted octanol–water partition coefficient (Wildman–Crippen LogP) is 4.16. The van der Waals surface area contributed by atoms with Crippen LogP contribution in [0.5, 0.6) is 0 Å². The zero-order valence-corrected chi connectivity index (χ0v) is 17.3. The Morgan fingerprint density at radius 2 is 2.00 bits per heavy atom. The molecule has 2 aliphatic carbocycles. The number of hydrogen-bond acceptors (Lipinski definition) is 4. The molecule has 2 saturated carbocycles. The molecule has 4 aliphatic rings. The molecule has 4 rings (SSSR count). The molecule has 1 spiro atoms. The van der Waals surface area contributed by atoms with Gasteiger partial charge in [-0.2, -0.15) is 0 Å². The summed E-state index contributed by atoms with van der Waals surface area (Å²) in [6, 6.07) is 0. The van der Waals surface area contributed by atoms with Gasteiger partial charge in [-0.05, 0) is 63.7 Å². The summed E-state index contributed by atoms with van der Waals surface area (Å²) in [5.41, 5.74) is 1.54. The van der Waals surface area contributed by atoms with Crippen LogP contribution >= 0.6 is 0 Å². The molecule has 27 heavy (non-hydrogen) atoms. The summed E-state index contributed by atoms with van der Waals surface area (Å²) in [6.07, 6.45) is 8.26. The van der Waals surface area contributed by atoms with Crippen LogP contribution in [0.1, 0.15) is 59.3 Å². The van der Waals surface area contributed by atoms with E-state index in [1.54, 1.807) is 7.11 Å². The van der Waals surface area contributed by atoms with Crippen LogP contribution in [0.15, 0.2) is 11.6 Å². The van der Waals surface area contributed by atoms with E-state index < -0.39 is 0 Å². The Bertz CT molecular complexity index is 603. The molecular weight excluding hydrogens is 342 g/mol. The van der Waals surface area contributed by atoms with Crippen LogP contribution in [0.25, 0.3) is 0 Å². The van der Waals surface area contributed by atoms with Gasteiger partial charge in [0.2, 0.25) is 0 Å². The van der Waals surface area contributed by atoms with Crippen LogP contribution in [0.3, 0.4) is 0 Å². The number of nitrogens with zero attached hydrogens (tertiary/aromatic N) is 1. The summed E-state index contributed by atoms with van der Waals surface area (Å²) < 4.78 is 18.0. The van der Waals surface area contributed by atoms with Crippen molar-refractivity contribution in [3.8, 4) is 0 Å². The predicted molar refractivity (Wildman–Crippen MR) is 104 cm³/mol. The lowest BCUT2D eigenvalue weighted by atomic mass is 9.67. The van der Waals surface area contributed by atoms with E-state index >= 15 is 0 Å². The average molecular weight is 378 g/mol. The molecule has 2 aliphatic heterocycles. The molecule has 1 amide bonds. The highest BCUT2D eigenvalue weighted by Crippen LogP contribution is 2.68. The highest BCUT2D eigenvalue weighted by atomic mass is 16.6. The first-order valence-corrected chi connectivity index (χ1v) is 10.7. The average Bonchev–Trinajstić information content (AvgIpc) is 3.46. The summed E-state index contributed by atoms with van der Waals surface area (Å²) in [6.45, 7) is 9.19.